The van der Waals surface area contributed by atoms with Gasteiger partial charge < -0.3 is 25.1 Å². The van der Waals surface area contributed by atoms with Gasteiger partial charge >= 0.3 is 17.9 Å². The maximum atomic E-state index is 12.2. The fraction of sp³-hybridized carbons (Fsp3) is 0.278. The SMILES string of the molecule is CCOC(=O)c1sc(N)c(C(=O)OCC)c1COC(=O)c1cccc(O)c1. The van der Waals surface area contributed by atoms with Crippen LogP contribution in [-0.4, -0.2) is 36.2 Å². The van der Waals surface area contributed by atoms with E-state index in [0.29, 0.717) is 0 Å². The molecular formula is C18H19NO7S. The molecule has 0 amide bonds. The predicted molar refractivity (Wildman–Crippen MR) is 97.9 cm³/mol. The molecule has 0 fully saturated rings. The van der Waals surface area contributed by atoms with Gasteiger partial charge in [-0.2, -0.15) is 0 Å². The Morgan fingerprint density at radius 2 is 1.70 bits per heavy atom. The van der Waals surface area contributed by atoms with Gasteiger partial charge in [0.05, 0.1) is 18.8 Å². The molecule has 144 valence electrons. The number of hydrogen-bond donors (Lipinski definition) is 2. The van der Waals surface area contributed by atoms with Crippen LogP contribution < -0.4 is 5.73 Å². The Hall–Kier alpha value is -3.07. The van der Waals surface area contributed by atoms with Gasteiger partial charge in [0.15, 0.2) is 0 Å². The molecule has 3 N–H and O–H groups in total. The van der Waals surface area contributed by atoms with E-state index in [1.165, 1.54) is 24.3 Å². The summed E-state index contributed by atoms with van der Waals surface area (Å²) in [6, 6.07) is 5.60. The predicted octanol–water partition coefficient (Wildman–Crippen LogP) is 2.75. The highest BCUT2D eigenvalue weighted by Gasteiger charge is 2.28. The first-order valence-electron chi connectivity index (χ1n) is 8.10. The van der Waals surface area contributed by atoms with E-state index in [1.807, 2.05) is 0 Å². The molecule has 0 radical (unpaired) electrons. The normalized spacial score (nSPS) is 10.3. The number of nitrogen functional groups attached to an aromatic ring is 1. The number of hydrogen-bond acceptors (Lipinski definition) is 9. The van der Waals surface area contributed by atoms with Crippen LogP contribution in [0, 0.1) is 0 Å². The van der Waals surface area contributed by atoms with E-state index in [9.17, 15) is 19.5 Å². The van der Waals surface area contributed by atoms with Crippen LogP contribution in [0.5, 0.6) is 5.75 Å². The highest BCUT2D eigenvalue weighted by atomic mass is 32.1. The molecule has 0 aliphatic heterocycles. The Bertz CT molecular complexity index is 859. The number of aromatic hydroxyl groups is 1. The van der Waals surface area contributed by atoms with Crippen LogP contribution >= 0.6 is 11.3 Å². The van der Waals surface area contributed by atoms with Gasteiger partial charge in [0, 0.05) is 5.56 Å². The lowest BCUT2D eigenvalue weighted by molar-refractivity contribution is 0.0437. The van der Waals surface area contributed by atoms with Crippen LogP contribution in [-0.2, 0) is 20.8 Å². The van der Waals surface area contributed by atoms with Crippen molar-refractivity contribution in [1.29, 1.82) is 0 Å². The van der Waals surface area contributed by atoms with Gasteiger partial charge in [-0.1, -0.05) is 6.07 Å². The first kappa shape index (κ1) is 20.2. The summed E-state index contributed by atoms with van der Waals surface area (Å²) in [7, 11) is 0. The number of esters is 3. The van der Waals surface area contributed by atoms with Gasteiger partial charge in [-0.15, -0.1) is 11.3 Å². The number of rotatable bonds is 7. The van der Waals surface area contributed by atoms with E-state index >= 15 is 0 Å². The highest BCUT2D eigenvalue weighted by molar-refractivity contribution is 7.18. The van der Waals surface area contributed by atoms with Gasteiger partial charge in [0.2, 0.25) is 0 Å². The van der Waals surface area contributed by atoms with Crippen molar-refractivity contribution in [2.24, 2.45) is 0 Å². The molecule has 0 saturated heterocycles. The number of benzene rings is 1. The molecule has 1 heterocycles. The lowest BCUT2D eigenvalue weighted by atomic mass is 10.1. The van der Waals surface area contributed by atoms with Crippen LogP contribution in [0.2, 0.25) is 0 Å². The number of thiophene rings is 1. The molecule has 0 bridgehead atoms. The quantitative estimate of drug-likeness (QED) is 0.543. The molecule has 27 heavy (non-hydrogen) atoms. The van der Waals surface area contributed by atoms with Crippen LogP contribution in [0.15, 0.2) is 24.3 Å². The van der Waals surface area contributed by atoms with Gasteiger partial charge in [-0.05, 0) is 32.0 Å². The third-order valence-electron chi connectivity index (χ3n) is 3.40. The molecule has 1 aromatic carbocycles. The Morgan fingerprint density at radius 1 is 1.04 bits per heavy atom. The zero-order valence-electron chi connectivity index (χ0n) is 14.8. The topological polar surface area (TPSA) is 125 Å². The monoisotopic (exact) mass is 393 g/mol. The Balaban J connectivity index is 2.33. The summed E-state index contributed by atoms with van der Waals surface area (Å²) in [6.07, 6.45) is 0. The summed E-state index contributed by atoms with van der Waals surface area (Å²) in [4.78, 5) is 36.7. The summed E-state index contributed by atoms with van der Waals surface area (Å²) >= 11 is 0.864. The Morgan fingerprint density at radius 3 is 2.33 bits per heavy atom. The summed E-state index contributed by atoms with van der Waals surface area (Å²) in [5.41, 5.74) is 6.11. The summed E-state index contributed by atoms with van der Waals surface area (Å²) in [5.74, 6) is -2.22. The molecule has 0 saturated carbocycles. The van der Waals surface area contributed by atoms with Crippen molar-refractivity contribution < 1.29 is 33.7 Å². The average molecular weight is 393 g/mol. The minimum absolute atomic E-state index is 0.0198. The fourth-order valence-electron chi connectivity index (χ4n) is 2.27. The van der Waals surface area contributed by atoms with Crippen molar-refractivity contribution in [3.63, 3.8) is 0 Å². The third-order valence-corrected chi connectivity index (χ3v) is 4.45. The highest BCUT2D eigenvalue weighted by Crippen LogP contribution is 2.33. The van der Waals surface area contributed by atoms with E-state index in [1.54, 1.807) is 13.8 Å². The van der Waals surface area contributed by atoms with Crippen molar-refractivity contribution in [3.05, 3.63) is 45.8 Å². The third kappa shape index (κ3) is 4.76. The molecule has 2 aromatic rings. The van der Waals surface area contributed by atoms with Crippen molar-refractivity contribution in [2.45, 2.75) is 20.5 Å². The van der Waals surface area contributed by atoms with Crippen molar-refractivity contribution >= 4 is 34.2 Å². The molecule has 0 spiro atoms. The van der Waals surface area contributed by atoms with E-state index in [0.717, 1.165) is 11.3 Å². The number of carbonyl (C=O) groups excluding carboxylic acids is 3. The smallest absolute Gasteiger partial charge is 0.348 e. The average Bonchev–Trinajstić information content (AvgIpc) is 2.96. The lowest BCUT2D eigenvalue weighted by Crippen LogP contribution is -2.14. The number of anilines is 1. The van der Waals surface area contributed by atoms with Gasteiger partial charge in [0.1, 0.15) is 27.8 Å². The van der Waals surface area contributed by atoms with Gasteiger partial charge in [-0.25, -0.2) is 14.4 Å². The molecule has 0 atom stereocenters. The molecule has 9 heteroatoms. The zero-order valence-corrected chi connectivity index (χ0v) is 15.6. The first-order valence-corrected chi connectivity index (χ1v) is 8.92. The molecule has 1 aromatic heterocycles. The van der Waals surface area contributed by atoms with E-state index in [2.05, 4.69) is 0 Å². The van der Waals surface area contributed by atoms with Crippen LogP contribution in [0.1, 0.15) is 49.8 Å². The number of phenolic OH excluding ortho intramolecular Hbond substituents is 1. The second-order valence-corrected chi connectivity index (χ2v) is 6.27. The maximum absolute atomic E-state index is 12.2. The van der Waals surface area contributed by atoms with Crippen molar-refractivity contribution in [2.75, 3.05) is 18.9 Å². The summed E-state index contributed by atoms with van der Waals surface area (Å²) in [6.45, 7) is 3.14. The van der Waals surface area contributed by atoms with E-state index in [-0.39, 0.29) is 52.1 Å². The summed E-state index contributed by atoms with van der Waals surface area (Å²) in [5, 5.41) is 9.53. The van der Waals surface area contributed by atoms with Crippen LogP contribution in [0.25, 0.3) is 0 Å². The van der Waals surface area contributed by atoms with E-state index in [4.69, 9.17) is 19.9 Å². The second kappa shape index (κ2) is 9.04. The number of phenols is 1. The maximum Gasteiger partial charge on any atom is 0.348 e. The lowest BCUT2D eigenvalue weighted by Gasteiger charge is -2.09. The molecule has 0 aliphatic carbocycles. The van der Waals surface area contributed by atoms with Crippen LogP contribution in [0.4, 0.5) is 5.00 Å². The van der Waals surface area contributed by atoms with E-state index < -0.39 is 17.9 Å². The summed E-state index contributed by atoms with van der Waals surface area (Å²) < 4.78 is 15.2. The number of nitrogens with two attached hydrogens (primary N) is 1. The fourth-order valence-corrected chi connectivity index (χ4v) is 3.22. The minimum atomic E-state index is -0.736. The largest absolute Gasteiger partial charge is 0.508 e. The first-order chi connectivity index (χ1) is 12.9. The minimum Gasteiger partial charge on any atom is -0.508 e. The molecule has 2 rings (SSSR count). The number of carbonyl (C=O) groups is 3. The molecule has 0 aliphatic rings. The Kier molecular flexibility index (Phi) is 6.78. The number of ether oxygens (including phenoxy) is 3. The zero-order chi connectivity index (χ0) is 20.0. The van der Waals surface area contributed by atoms with Gasteiger partial charge in [-0.3, -0.25) is 0 Å². The van der Waals surface area contributed by atoms with Crippen LogP contribution in [0.3, 0.4) is 0 Å². The molecule has 0 unspecified atom stereocenters. The second-order valence-electron chi connectivity index (χ2n) is 5.22. The standard InChI is InChI=1S/C18H19NO7S/c1-3-24-17(22)13-12(14(27-15(13)19)18(23)25-4-2)9-26-16(21)10-6-5-7-11(20)8-10/h5-8,20H,3-4,9,19H2,1-2H3. The van der Waals surface area contributed by atoms with Crippen molar-refractivity contribution in [1.82, 2.24) is 0 Å². The Labute approximate surface area is 159 Å². The van der Waals surface area contributed by atoms with Crippen molar-refractivity contribution in [3.8, 4) is 5.75 Å². The molecular weight excluding hydrogens is 374 g/mol. The molecule has 8 nitrogen and oxygen atoms in total. The van der Waals surface area contributed by atoms with Gasteiger partial charge in [0.25, 0.3) is 0 Å².